The Morgan fingerprint density at radius 1 is 1.27 bits per heavy atom. The predicted molar refractivity (Wildman–Crippen MR) is 105 cm³/mol. The number of hydrogen-bond acceptors (Lipinski definition) is 7. The first-order valence-electron chi connectivity index (χ1n) is 9.57. The Labute approximate surface area is 172 Å². The van der Waals surface area contributed by atoms with Crippen molar-refractivity contribution in [2.75, 3.05) is 56.3 Å². The molecule has 3 heterocycles. The summed E-state index contributed by atoms with van der Waals surface area (Å²) in [6, 6.07) is 7.68. The molecule has 1 aromatic carbocycles. The number of methoxy groups -OCH3 is 1. The number of amides is 2. The Morgan fingerprint density at radius 3 is 2.77 bits per heavy atom. The maximum Gasteiger partial charge on any atom is 0.414 e. The summed E-state index contributed by atoms with van der Waals surface area (Å²) in [6.07, 6.45) is -1.16. The largest absolute Gasteiger partial charge is 0.468 e. The minimum Gasteiger partial charge on any atom is -0.468 e. The van der Waals surface area contributed by atoms with Crippen LogP contribution in [0, 0.1) is 5.82 Å². The molecule has 2 aliphatic heterocycles. The lowest BCUT2D eigenvalue weighted by Gasteiger charge is -2.29. The highest BCUT2D eigenvalue weighted by Gasteiger charge is 2.33. The average molecular weight is 419 g/mol. The van der Waals surface area contributed by atoms with Gasteiger partial charge in [0.1, 0.15) is 11.9 Å². The first kappa shape index (κ1) is 20.0. The molecule has 0 saturated carbocycles. The van der Waals surface area contributed by atoms with Crippen molar-refractivity contribution < 1.29 is 32.6 Å². The van der Waals surface area contributed by atoms with Crippen LogP contribution in [0.15, 0.2) is 34.7 Å². The molecule has 0 aliphatic carbocycles. The summed E-state index contributed by atoms with van der Waals surface area (Å²) in [5, 5.41) is 2.65. The normalized spacial score (nSPS) is 19.0. The van der Waals surface area contributed by atoms with E-state index in [0.717, 1.165) is 0 Å². The number of nitrogens with one attached hydrogen (secondary N) is 1. The van der Waals surface area contributed by atoms with Crippen molar-refractivity contribution in [1.82, 2.24) is 5.32 Å². The van der Waals surface area contributed by atoms with Crippen LogP contribution in [0.3, 0.4) is 0 Å². The van der Waals surface area contributed by atoms with Crippen molar-refractivity contribution in [3.8, 4) is 5.95 Å². The van der Waals surface area contributed by atoms with E-state index < -0.39 is 23.9 Å². The molecule has 160 valence electrons. The molecule has 2 amide bonds. The zero-order chi connectivity index (χ0) is 21.1. The van der Waals surface area contributed by atoms with Gasteiger partial charge in [-0.15, -0.1) is 0 Å². The number of benzene rings is 1. The lowest BCUT2D eigenvalue weighted by molar-refractivity contribution is 0.0883. The Hall–Kier alpha value is -3.27. The van der Waals surface area contributed by atoms with Gasteiger partial charge in [-0.3, -0.25) is 9.69 Å². The Kier molecular flexibility index (Phi) is 5.75. The van der Waals surface area contributed by atoms with Gasteiger partial charge >= 0.3 is 6.09 Å². The molecule has 4 rings (SSSR count). The van der Waals surface area contributed by atoms with Gasteiger partial charge in [-0.2, -0.15) is 0 Å². The van der Waals surface area contributed by atoms with E-state index in [2.05, 4.69) is 5.32 Å². The molecule has 1 N–H and O–H groups in total. The van der Waals surface area contributed by atoms with Crippen LogP contribution in [0.2, 0.25) is 0 Å². The fourth-order valence-corrected chi connectivity index (χ4v) is 3.41. The number of nitrogens with zero attached hydrogens (tertiary/aromatic N) is 2. The first-order valence-corrected chi connectivity index (χ1v) is 9.57. The van der Waals surface area contributed by atoms with Crippen LogP contribution in [0.1, 0.15) is 10.6 Å². The predicted octanol–water partition coefficient (Wildman–Crippen LogP) is 2.02. The van der Waals surface area contributed by atoms with E-state index >= 15 is 0 Å². The highest BCUT2D eigenvalue weighted by Crippen LogP contribution is 2.28. The Bertz CT molecular complexity index is 927. The maximum atomic E-state index is 14.6. The topological polar surface area (TPSA) is 93.5 Å². The lowest BCUT2D eigenvalue weighted by atomic mass is 10.2. The Morgan fingerprint density at radius 2 is 2.07 bits per heavy atom. The molecule has 0 bridgehead atoms. The zero-order valence-corrected chi connectivity index (χ0v) is 16.4. The second kappa shape index (κ2) is 8.62. The minimum absolute atomic E-state index is 0.0915. The lowest BCUT2D eigenvalue weighted by Crippen LogP contribution is -2.37. The molecular weight excluding hydrogens is 397 g/mol. The van der Waals surface area contributed by atoms with Crippen molar-refractivity contribution in [2.45, 2.75) is 6.10 Å². The number of furan rings is 1. The molecule has 2 saturated heterocycles. The van der Waals surface area contributed by atoms with Crippen molar-refractivity contribution >= 4 is 23.4 Å². The summed E-state index contributed by atoms with van der Waals surface area (Å²) < 4.78 is 35.3. The van der Waals surface area contributed by atoms with Crippen LogP contribution in [0.4, 0.5) is 20.6 Å². The first-order chi connectivity index (χ1) is 14.5. The van der Waals surface area contributed by atoms with Gasteiger partial charge in [0.2, 0.25) is 0 Å². The standard InChI is InChI=1S/C20H22FN3O6/c1-27-18-5-4-17(30-18)19(25)22-11-14-12-24(20(26)29-14)13-2-3-16(15(21)10-13)23-6-8-28-9-7-23/h2-5,10,14H,6-9,11-12H2,1H3,(H,22,25)/t14-/m0/s1. The second-order valence-corrected chi connectivity index (χ2v) is 6.88. The van der Waals surface area contributed by atoms with Gasteiger partial charge in [0.15, 0.2) is 5.76 Å². The van der Waals surface area contributed by atoms with Gasteiger partial charge in [-0.25, -0.2) is 9.18 Å². The van der Waals surface area contributed by atoms with Crippen LogP contribution in [-0.4, -0.2) is 64.6 Å². The summed E-state index contributed by atoms with van der Waals surface area (Å²) in [4.78, 5) is 27.6. The molecule has 1 aromatic heterocycles. The van der Waals surface area contributed by atoms with Crippen LogP contribution < -0.4 is 19.9 Å². The number of morpholine rings is 1. The van der Waals surface area contributed by atoms with E-state index in [0.29, 0.717) is 37.7 Å². The second-order valence-electron chi connectivity index (χ2n) is 6.88. The average Bonchev–Trinajstić information content (AvgIpc) is 3.39. The maximum absolute atomic E-state index is 14.6. The third-order valence-corrected chi connectivity index (χ3v) is 4.97. The van der Waals surface area contributed by atoms with Gasteiger partial charge in [0, 0.05) is 19.2 Å². The molecule has 2 aliphatic rings. The minimum atomic E-state index is -0.590. The third-order valence-electron chi connectivity index (χ3n) is 4.97. The molecule has 2 aromatic rings. The number of carbonyl (C=O) groups excluding carboxylic acids is 2. The highest BCUT2D eigenvalue weighted by atomic mass is 19.1. The van der Waals surface area contributed by atoms with Gasteiger partial charge in [0.25, 0.3) is 11.9 Å². The van der Waals surface area contributed by atoms with Crippen LogP contribution in [0.5, 0.6) is 5.95 Å². The molecule has 1 atom stereocenters. The molecule has 0 unspecified atom stereocenters. The van der Waals surface area contributed by atoms with Crippen molar-refractivity contribution in [3.63, 3.8) is 0 Å². The monoisotopic (exact) mass is 419 g/mol. The fourth-order valence-electron chi connectivity index (χ4n) is 3.41. The molecule has 30 heavy (non-hydrogen) atoms. The summed E-state index contributed by atoms with van der Waals surface area (Å²) in [7, 11) is 1.43. The summed E-state index contributed by atoms with van der Waals surface area (Å²) >= 11 is 0. The quantitative estimate of drug-likeness (QED) is 0.766. The van der Waals surface area contributed by atoms with E-state index in [1.807, 2.05) is 4.90 Å². The molecule has 0 radical (unpaired) electrons. The van der Waals surface area contributed by atoms with Gasteiger partial charge in [0.05, 0.1) is 44.8 Å². The van der Waals surface area contributed by atoms with Crippen molar-refractivity contribution in [1.29, 1.82) is 0 Å². The van der Waals surface area contributed by atoms with E-state index in [1.165, 1.54) is 30.2 Å². The number of rotatable bonds is 6. The van der Waals surface area contributed by atoms with E-state index in [-0.39, 0.29) is 24.8 Å². The van der Waals surface area contributed by atoms with Crippen molar-refractivity contribution in [2.24, 2.45) is 0 Å². The Balaban J connectivity index is 1.36. The van der Waals surface area contributed by atoms with Gasteiger partial charge in [-0.1, -0.05) is 0 Å². The molecule has 9 nitrogen and oxygen atoms in total. The number of anilines is 2. The zero-order valence-electron chi connectivity index (χ0n) is 16.4. The number of ether oxygens (including phenoxy) is 3. The van der Waals surface area contributed by atoms with Gasteiger partial charge < -0.3 is 28.8 Å². The molecule has 10 heteroatoms. The fraction of sp³-hybridized carbons (Fsp3) is 0.400. The summed E-state index contributed by atoms with van der Waals surface area (Å²) in [5.74, 6) is -0.547. The summed E-state index contributed by atoms with van der Waals surface area (Å²) in [5.41, 5.74) is 0.881. The number of halogens is 1. The van der Waals surface area contributed by atoms with Crippen LogP contribution >= 0.6 is 0 Å². The number of cyclic esters (lactones) is 1. The van der Waals surface area contributed by atoms with Crippen LogP contribution in [0.25, 0.3) is 0 Å². The highest BCUT2D eigenvalue weighted by molar-refractivity contribution is 5.92. The molecular formula is C20H22FN3O6. The summed E-state index contributed by atoms with van der Waals surface area (Å²) in [6.45, 7) is 2.63. The van der Waals surface area contributed by atoms with Crippen LogP contribution in [-0.2, 0) is 9.47 Å². The SMILES string of the molecule is COc1ccc(C(=O)NC[C@H]2CN(c3ccc(N4CCOCC4)c(F)c3)C(=O)O2)o1. The van der Waals surface area contributed by atoms with Crippen molar-refractivity contribution in [3.05, 3.63) is 41.9 Å². The van der Waals surface area contributed by atoms with E-state index in [4.69, 9.17) is 18.6 Å². The van der Waals surface area contributed by atoms with E-state index in [1.54, 1.807) is 12.1 Å². The molecule has 0 spiro atoms. The third kappa shape index (κ3) is 4.18. The number of hydrogen-bond donors (Lipinski definition) is 1. The van der Waals surface area contributed by atoms with Gasteiger partial charge in [-0.05, 0) is 24.3 Å². The number of carbonyl (C=O) groups is 2. The smallest absolute Gasteiger partial charge is 0.414 e. The molecule has 2 fully saturated rings. The van der Waals surface area contributed by atoms with E-state index in [9.17, 15) is 14.0 Å².